The van der Waals surface area contributed by atoms with Gasteiger partial charge >= 0.3 is 0 Å². The third-order valence-electron chi connectivity index (χ3n) is 9.51. The van der Waals surface area contributed by atoms with Gasteiger partial charge in [-0.25, -0.2) is 0 Å². The van der Waals surface area contributed by atoms with Crippen molar-refractivity contribution in [2.24, 2.45) is 0 Å². The lowest BCUT2D eigenvalue weighted by Gasteiger charge is -2.53. The molecule has 6 nitrogen and oxygen atoms in total. The first-order chi connectivity index (χ1) is 21.8. The van der Waals surface area contributed by atoms with Gasteiger partial charge in [-0.1, -0.05) is 163 Å². The van der Waals surface area contributed by atoms with Crippen LogP contribution in [0.3, 0.4) is 0 Å². The molecule has 4 aromatic rings. The van der Waals surface area contributed by atoms with Crippen molar-refractivity contribution in [2.45, 2.75) is 88.2 Å². The van der Waals surface area contributed by atoms with Gasteiger partial charge < -0.3 is 29.3 Å². The average molecular weight is 657 g/mol. The van der Waals surface area contributed by atoms with Crippen LogP contribution in [-0.4, -0.2) is 73.7 Å². The first kappa shape index (κ1) is 34.4. The number of aliphatic hydroxyl groups is 4. The average Bonchev–Trinajstić information content (AvgIpc) is 3.04. The molecule has 0 saturated heterocycles. The van der Waals surface area contributed by atoms with Gasteiger partial charge in [0.15, 0.2) is 0 Å². The van der Waals surface area contributed by atoms with Crippen molar-refractivity contribution in [1.82, 2.24) is 0 Å². The SMILES string of the molecule is CC(C)(C)[Si](O[C@@H]1C(O)[C@H](O[Si](c2ccccc2)(c2ccccc2)C(C)(C)C)[C@@H](O)C(O)[C@H]1O)(c1ccccc1)c1ccccc1. The lowest BCUT2D eigenvalue weighted by atomic mass is 9.85. The van der Waals surface area contributed by atoms with Crippen molar-refractivity contribution in [2.75, 3.05) is 0 Å². The van der Waals surface area contributed by atoms with Crippen molar-refractivity contribution in [3.8, 4) is 0 Å². The molecular formula is C38H48O6Si2. The summed E-state index contributed by atoms with van der Waals surface area (Å²) >= 11 is 0. The Morgan fingerprint density at radius 2 is 0.630 bits per heavy atom. The van der Waals surface area contributed by atoms with E-state index in [9.17, 15) is 20.4 Å². The van der Waals surface area contributed by atoms with Gasteiger partial charge in [-0.3, -0.25) is 0 Å². The van der Waals surface area contributed by atoms with E-state index in [1.807, 2.05) is 121 Å². The van der Waals surface area contributed by atoms with E-state index in [-0.39, 0.29) is 0 Å². The number of benzene rings is 4. The maximum Gasteiger partial charge on any atom is 0.261 e. The Morgan fingerprint density at radius 3 is 0.848 bits per heavy atom. The molecule has 0 spiro atoms. The van der Waals surface area contributed by atoms with Gasteiger partial charge in [0, 0.05) is 0 Å². The quantitative estimate of drug-likeness (QED) is 0.217. The molecule has 2 unspecified atom stereocenters. The van der Waals surface area contributed by atoms with Crippen molar-refractivity contribution in [3.05, 3.63) is 121 Å². The minimum atomic E-state index is -3.28. The molecule has 0 aliphatic heterocycles. The van der Waals surface area contributed by atoms with Crippen molar-refractivity contribution in [1.29, 1.82) is 0 Å². The fourth-order valence-corrected chi connectivity index (χ4v) is 16.7. The van der Waals surface area contributed by atoms with E-state index < -0.39 is 63.3 Å². The molecule has 4 aromatic carbocycles. The monoisotopic (exact) mass is 656 g/mol. The molecule has 6 atom stereocenters. The molecule has 46 heavy (non-hydrogen) atoms. The van der Waals surface area contributed by atoms with E-state index in [1.165, 1.54) is 0 Å². The van der Waals surface area contributed by atoms with E-state index in [0.29, 0.717) is 0 Å². The molecule has 0 bridgehead atoms. The summed E-state index contributed by atoms with van der Waals surface area (Å²) in [7, 11) is -6.56. The van der Waals surface area contributed by atoms with Gasteiger partial charge in [-0.2, -0.15) is 0 Å². The van der Waals surface area contributed by atoms with Crippen molar-refractivity contribution < 1.29 is 29.3 Å². The Bertz CT molecular complexity index is 1340. The molecule has 4 N–H and O–H groups in total. The lowest BCUT2D eigenvalue weighted by Crippen LogP contribution is -2.76. The highest BCUT2D eigenvalue weighted by molar-refractivity contribution is 7.00. The van der Waals surface area contributed by atoms with Gasteiger partial charge in [0.2, 0.25) is 0 Å². The highest BCUT2D eigenvalue weighted by Gasteiger charge is 2.60. The number of rotatable bonds is 8. The topological polar surface area (TPSA) is 99.4 Å². The summed E-state index contributed by atoms with van der Waals surface area (Å²) in [6.45, 7) is 12.7. The second kappa shape index (κ2) is 13.3. The molecule has 244 valence electrons. The molecule has 0 radical (unpaired) electrons. The van der Waals surface area contributed by atoms with Crippen LogP contribution in [0.1, 0.15) is 41.5 Å². The predicted octanol–water partition coefficient (Wildman–Crippen LogP) is 3.33. The standard InChI is InChI=1S/C38H48O6Si2/c1-37(2,3)45(27-19-11-7-12-20-27,28-21-13-8-14-22-28)43-35-32(40)31(39)33(41)36(34(35)42)44-46(38(4,5)6,29-23-15-9-16-24-29)30-25-17-10-18-26-30/h7-26,31-36,39-42H,1-6H3/t31?,32-,33+,34?,35+,36-. The largest absolute Gasteiger partial charge is 0.399 e. The van der Waals surface area contributed by atoms with Crippen LogP contribution in [0.2, 0.25) is 10.1 Å². The Balaban J connectivity index is 1.67. The van der Waals surface area contributed by atoms with E-state index in [0.717, 1.165) is 20.7 Å². The zero-order valence-corrected chi connectivity index (χ0v) is 29.6. The molecule has 1 fully saturated rings. The van der Waals surface area contributed by atoms with Crippen molar-refractivity contribution >= 4 is 37.4 Å². The van der Waals surface area contributed by atoms with E-state index in [2.05, 4.69) is 41.5 Å². The number of hydrogen-bond acceptors (Lipinski definition) is 6. The zero-order chi connectivity index (χ0) is 33.3. The van der Waals surface area contributed by atoms with Gasteiger partial charge in [0.25, 0.3) is 16.6 Å². The summed E-state index contributed by atoms with van der Waals surface area (Å²) < 4.78 is 14.4. The Kier molecular flexibility index (Phi) is 9.94. The summed E-state index contributed by atoms with van der Waals surface area (Å²) in [5.74, 6) is 0. The lowest BCUT2D eigenvalue weighted by molar-refractivity contribution is -0.214. The van der Waals surface area contributed by atoms with Crippen LogP contribution in [0.5, 0.6) is 0 Å². The molecular weight excluding hydrogens is 609 g/mol. The molecule has 1 aliphatic carbocycles. The highest BCUT2D eigenvalue weighted by atomic mass is 28.4. The number of hydrogen-bond donors (Lipinski definition) is 4. The Labute approximate surface area is 275 Å². The highest BCUT2D eigenvalue weighted by Crippen LogP contribution is 2.42. The molecule has 0 heterocycles. The minimum absolute atomic E-state index is 0.454. The van der Waals surface area contributed by atoms with Crippen LogP contribution in [0, 0.1) is 0 Å². The third-order valence-corrected chi connectivity index (χ3v) is 19.6. The van der Waals surface area contributed by atoms with Gasteiger partial charge in [-0.05, 0) is 30.8 Å². The summed E-state index contributed by atoms with van der Waals surface area (Å²) in [4.78, 5) is 0. The van der Waals surface area contributed by atoms with Crippen LogP contribution in [0.4, 0.5) is 0 Å². The molecule has 0 aromatic heterocycles. The van der Waals surface area contributed by atoms with Crippen LogP contribution in [0.15, 0.2) is 121 Å². The molecule has 8 heteroatoms. The molecule has 0 amide bonds. The summed E-state index contributed by atoms with van der Waals surface area (Å²) in [5, 5.41) is 49.9. The number of aliphatic hydroxyl groups excluding tert-OH is 4. The molecule has 5 rings (SSSR count). The van der Waals surface area contributed by atoms with Crippen LogP contribution >= 0.6 is 0 Å². The fourth-order valence-electron chi connectivity index (χ4n) is 7.25. The van der Waals surface area contributed by atoms with E-state index in [1.54, 1.807) is 0 Å². The van der Waals surface area contributed by atoms with E-state index in [4.69, 9.17) is 8.85 Å². The molecule has 1 aliphatic rings. The summed E-state index contributed by atoms with van der Waals surface area (Å²) in [6, 6.07) is 39.8. The maximum atomic E-state index is 12.3. The fraction of sp³-hybridized carbons (Fsp3) is 0.368. The zero-order valence-electron chi connectivity index (χ0n) is 27.6. The first-order valence-corrected chi connectivity index (χ1v) is 19.9. The van der Waals surface area contributed by atoms with E-state index >= 15 is 0 Å². The minimum Gasteiger partial charge on any atom is -0.399 e. The Morgan fingerprint density at radius 1 is 0.391 bits per heavy atom. The van der Waals surface area contributed by atoms with Gasteiger partial charge in [0.1, 0.15) is 36.6 Å². The smallest absolute Gasteiger partial charge is 0.261 e. The Hall–Kier alpha value is -2.93. The van der Waals surface area contributed by atoms with Gasteiger partial charge in [-0.15, -0.1) is 0 Å². The van der Waals surface area contributed by atoms with Crippen LogP contribution < -0.4 is 20.7 Å². The second-order valence-corrected chi connectivity index (χ2v) is 23.0. The van der Waals surface area contributed by atoms with Crippen LogP contribution in [0.25, 0.3) is 0 Å². The van der Waals surface area contributed by atoms with Crippen LogP contribution in [-0.2, 0) is 8.85 Å². The predicted molar refractivity (Wildman–Crippen MR) is 189 cm³/mol. The molecule has 1 saturated carbocycles. The summed E-state index contributed by atoms with van der Waals surface area (Å²) in [6.07, 6.45) is -8.72. The third kappa shape index (κ3) is 5.97. The summed E-state index contributed by atoms with van der Waals surface area (Å²) in [5.41, 5.74) is 0. The first-order valence-electron chi connectivity index (χ1n) is 16.1. The normalized spacial score (nSPS) is 24.5. The second-order valence-electron chi connectivity index (χ2n) is 14.5. The van der Waals surface area contributed by atoms with Gasteiger partial charge in [0.05, 0.1) is 0 Å². The van der Waals surface area contributed by atoms with Crippen molar-refractivity contribution in [3.63, 3.8) is 0 Å². The maximum absolute atomic E-state index is 12.3.